The first kappa shape index (κ1) is 26.1. The summed E-state index contributed by atoms with van der Waals surface area (Å²) in [6.45, 7) is 1.84. The Hall–Kier alpha value is -2.78. The van der Waals surface area contributed by atoms with Gasteiger partial charge in [0.2, 0.25) is 5.91 Å². The quantitative estimate of drug-likeness (QED) is 0.551. The number of aliphatic hydroxyl groups is 1. The molecule has 2 aliphatic heterocycles. The normalized spacial score (nSPS) is 32.4. The van der Waals surface area contributed by atoms with Crippen molar-refractivity contribution in [2.24, 2.45) is 5.92 Å². The van der Waals surface area contributed by atoms with Crippen molar-refractivity contribution in [1.82, 2.24) is 9.80 Å². The van der Waals surface area contributed by atoms with E-state index in [1.54, 1.807) is 18.0 Å². The van der Waals surface area contributed by atoms with Crippen molar-refractivity contribution in [3.63, 3.8) is 0 Å². The molecule has 1 spiro atoms. The summed E-state index contributed by atoms with van der Waals surface area (Å²) >= 11 is 0. The zero-order chi connectivity index (χ0) is 28.0. The highest BCUT2D eigenvalue weighted by Crippen LogP contribution is 2.66. The van der Waals surface area contributed by atoms with Crippen LogP contribution in [0.2, 0.25) is 0 Å². The lowest BCUT2D eigenvalue weighted by Gasteiger charge is -2.64. The van der Waals surface area contributed by atoms with E-state index < -0.39 is 28.9 Å². The number of rotatable bonds is 6. The van der Waals surface area contributed by atoms with Crippen LogP contribution in [0.4, 0.5) is 13.2 Å². The largest absolute Gasteiger partial charge is 0.504 e. The number of amides is 1. The number of hydrogen-bond acceptors (Lipinski definition) is 5. The molecule has 2 heterocycles. The zero-order valence-electron chi connectivity index (χ0n) is 22.6. The van der Waals surface area contributed by atoms with Crippen molar-refractivity contribution in [2.45, 2.75) is 86.7 Å². The Balaban J connectivity index is 1.15. The summed E-state index contributed by atoms with van der Waals surface area (Å²) in [6.07, 6.45) is 0.624. The molecule has 214 valence electrons. The molecular weight excluding hydrogens is 521 g/mol. The molecule has 2 bridgehead atoms. The van der Waals surface area contributed by atoms with Gasteiger partial charge in [-0.15, -0.1) is 0 Å². The van der Waals surface area contributed by atoms with Gasteiger partial charge in [0.05, 0.1) is 22.6 Å². The van der Waals surface area contributed by atoms with Gasteiger partial charge in [-0.1, -0.05) is 18.2 Å². The number of likely N-dealkylation sites (N-methyl/N-ethyl adjacent to an activating group) is 1. The summed E-state index contributed by atoms with van der Waals surface area (Å²) < 4.78 is 45.3. The van der Waals surface area contributed by atoms with Crippen LogP contribution in [0.25, 0.3) is 0 Å². The number of alkyl halides is 3. The highest BCUT2D eigenvalue weighted by atomic mass is 19.4. The smallest absolute Gasteiger partial charge is 0.416 e. The molecule has 2 aromatic carbocycles. The highest BCUT2D eigenvalue weighted by molar-refractivity contribution is 5.77. The number of nitrogens with zero attached hydrogens (tertiary/aromatic N) is 2. The van der Waals surface area contributed by atoms with Gasteiger partial charge in [-0.05, 0) is 86.7 Å². The van der Waals surface area contributed by atoms with Crippen molar-refractivity contribution in [3.05, 3.63) is 58.7 Å². The minimum atomic E-state index is -4.39. The molecule has 7 rings (SSSR count). The summed E-state index contributed by atoms with van der Waals surface area (Å²) in [5.74, 6) is 1.11. The fraction of sp³-hybridized carbons (Fsp3) is 0.581. The van der Waals surface area contributed by atoms with Crippen LogP contribution in [0.3, 0.4) is 0 Å². The molecule has 1 amide bonds. The molecular formula is C31H35F3N2O4. The molecule has 2 unspecified atom stereocenters. The standard InChI is InChI=1S/C31H35F3N2O4/c1-35(25(38)11-6-18-4-8-21(9-5-18)31(32,33)34)22-12-13-30(39)24-16-20-7-10-23(37)27-26(20)29(30,28(22)40-27)14-15-36(24)17-19-2-3-19/h4-5,7-10,19,22,24,28,37,39H,2-3,6,11-17H2,1H3/t22?,24-,28?,29+,30-/m1/s1. The molecule has 0 aromatic heterocycles. The number of phenolic OH excluding ortho intramolecular Hbond substituents is 1. The van der Waals surface area contributed by atoms with Crippen LogP contribution in [0.5, 0.6) is 11.5 Å². The van der Waals surface area contributed by atoms with E-state index >= 15 is 0 Å². The molecule has 2 aromatic rings. The fourth-order valence-electron chi connectivity index (χ4n) is 8.32. The molecule has 40 heavy (non-hydrogen) atoms. The van der Waals surface area contributed by atoms with Crippen LogP contribution in [0.15, 0.2) is 36.4 Å². The number of carbonyl (C=O) groups excluding carboxylic acids is 1. The molecule has 2 N–H and O–H groups in total. The summed E-state index contributed by atoms with van der Waals surface area (Å²) in [6, 6.07) is 8.27. The van der Waals surface area contributed by atoms with Crippen molar-refractivity contribution in [1.29, 1.82) is 0 Å². The monoisotopic (exact) mass is 556 g/mol. The topological polar surface area (TPSA) is 73.2 Å². The lowest BCUT2D eigenvalue weighted by atomic mass is 9.48. The van der Waals surface area contributed by atoms with Gasteiger partial charge < -0.3 is 19.8 Å². The van der Waals surface area contributed by atoms with E-state index in [0.717, 1.165) is 42.8 Å². The van der Waals surface area contributed by atoms with Gasteiger partial charge in [-0.2, -0.15) is 13.2 Å². The van der Waals surface area contributed by atoms with E-state index in [1.807, 2.05) is 6.07 Å². The maximum Gasteiger partial charge on any atom is 0.416 e. The number of piperidine rings is 1. The van der Waals surface area contributed by atoms with Crippen LogP contribution in [0.1, 0.15) is 60.8 Å². The fourth-order valence-corrected chi connectivity index (χ4v) is 8.32. The van der Waals surface area contributed by atoms with Crippen LogP contribution in [-0.2, 0) is 29.2 Å². The number of benzene rings is 2. The van der Waals surface area contributed by atoms with Crippen molar-refractivity contribution in [3.8, 4) is 11.5 Å². The number of carbonyl (C=O) groups is 1. The maximum absolute atomic E-state index is 13.4. The van der Waals surface area contributed by atoms with Gasteiger partial charge >= 0.3 is 6.18 Å². The number of aromatic hydroxyl groups is 1. The van der Waals surface area contributed by atoms with E-state index in [0.29, 0.717) is 42.9 Å². The Kier molecular flexibility index (Phi) is 5.79. The van der Waals surface area contributed by atoms with Crippen LogP contribution in [-0.4, -0.2) is 69.8 Å². The molecule has 0 radical (unpaired) electrons. The van der Waals surface area contributed by atoms with E-state index in [-0.39, 0.29) is 30.2 Å². The molecule has 3 fully saturated rings. The average Bonchev–Trinajstić information content (AvgIpc) is 3.67. The molecule has 5 atom stereocenters. The Bertz CT molecular complexity index is 1340. The second kappa shape index (κ2) is 8.86. The summed E-state index contributed by atoms with van der Waals surface area (Å²) in [7, 11) is 1.76. The Morgan fingerprint density at radius 3 is 2.58 bits per heavy atom. The zero-order valence-corrected chi connectivity index (χ0v) is 22.6. The first-order chi connectivity index (χ1) is 19.0. The van der Waals surface area contributed by atoms with Crippen molar-refractivity contribution < 1.29 is 32.9 Å². The Labute approximate surface area is 231 Å². The third-order valence-electron chi connectivity index (χ3n) is 10.5. The second-order valence-electron chi connectivity index (χ2n) is 12.6. The van der Waals surface area contributed by atoms with Gasteiger partial charge in [-0.25, -0.2) is 0 Å². The van der Waals surface area contributed by atoms with Crippen LogP contribution >= 0.6 is 0 Å². The van der Waals surface area contributed by atoms with Crippen molar-refractivity contribution >= 4 is 5.91 Å². The van der Waals surface area contributed by atoms with Gasteiger partial charge in [0.15, 0.2) is 11.5 Å². The Morgan fingerprint density at radius 2 is 1.88 bits per heavy atom. The highest BCUT2D eigenvalue weighted by Gasteiger charge is 2.73. The lowest BCUT2D eigenvalue weighted by molar-refractivity contribution is -0.200. The number of aryl methyl sites for hydroxylation is 1. The van der Waals surface area contributed by atoms with Gasteiger partial charge in [-0.3, -0.25) is 9.69 Å². The second-order valence-corrected chi connectivity index (χ2v) is 12.6. The van der Waals surface area contributed by atoms with E-state index in [1.165, 1.54) is 25.0 Å². The number of hydrogen-bond donors (Lipinski definition) is 2. The first-order valence-corrected chi connectivity index (χ1v) is 14.4. The molecule has 1 saturated heterocycles. The van der Waals surface area contributed by atoms with Gasteiger partial charge in [0.25, 0.3) is 0 Å². The summed E-state index contributed by atoms with van der Waals surface area (Å²) in [4.78, 5) is 17.6. The minimum absolute atomic E-state index is 0.0300. The lowest BCUT2D eigenvalue weighted by Crippen LogP contribution is -2.78. The first-order valence-electron chi connectivity index (χ1n) is 14.4. The van der Waals surface area contributed by atoms with Crippen LogP contribution in [0, 0.1) is 5.92 Å². The minimum Gasteiger partial charge on any atom is -0.504 e. The summed E-state index contributed by atoms with van der Waals surface area (Å²) in [5, 5.41) is 23.4. The molecule has 3 aliphatic carbocycles. The van der Waals surface area contributed by atoms with Gasteiger partial charge in [0, 0.05) is 31.6 Å². The van der Waals surface area contributed by atoms with E-state index in [2.05, 4.69) is 4.90 Å². The predicted octanol–water partition coefficient (Wildman–Crippen LogP) is 4.43. The maximum atomic E-state index is 13.4. The molecule has 6 nitrogen and oxygen atoms in total. The molecule has 2 saturated carbocycles. The predicted molar refractivity (Wildman–Crippen MR) is 141 cm³/mol. The number of halogens is 3. The van der Waals surface area contributed by atoms with E-state index in [4.69, 9.17) is 4.74 Å². The average molecular weight is 557 g/mol. The SMILES string of the molecule is CN(C(=O)CCc1ccc(C(F)(F)F)cc1)C1CC[C@@]2(O)[C@H]3Cc4ccc(O)c5c4[C@@]2(CCN3CC2CC2)C1O5. The molecule has 9 heteroatoms. The molecule has 5 aliphatic rings. The van der Waals surface area contributed by atoms with Crippen LogP contribution < -0.4 is 4.74 Å². The third-order valence-corrected chi connectivity index (χ3v) is 10.5. The third kappa shape index (κ3) is 3.73. The number of ether oxygens (including phenoxy) is 1. The van der Waals surface area contributed by atoms with E-state index in [9.17, 15) is 28.2 Å². The number of likely N-dealkylation sites (tertiary alicyclic amines) is 1. The Morgan fingerprint density at radius 1 is 1.12 bits per heavy atom. The summed E-state index contributed by atoms with van der Waals surface area (Å²) in [5.41, 5.74) is 0.286. The van der Waals surface area contributed by atoms with Gasteiger partial charge in [0.1, 0.15) is 6.10 Å². The van der Waals surface area contributed by atoms with Crippen molar-refractivity contribution in [2.75, 3.05) is 20.1 Å². The number of phenols is 1.